The number of carbonyl (C=O) groups excluding carboxylic acids is 1. The minimum absolute atomic E-state index is 0.361. The minimum atomic E-state index is -4.73. The summed E-state index contributed by atoms with van der Waals surface area (Å²) in [4.78, 5) is 28.2. The van der Waals surface area contributed by atoms with Crippen molar-refractivity contribution in [2.75, 3.05) is 31.1 Å². The third-order valence-corrected chi connectivity index (χ3v) is 4.63. The molecule has 144 valence electrons. The van der Waals surface area contributed by atoms with E-state index in [2.05, 4.69) is 11.0 Å². The van der Waals surface area contributed by atoms with Gasteiger partial charge in [-0.25, -0.2) is 0 Å². The highest BCUT2D eigenvalue weighted by atomic mass is 19.4. The maximum Gasteiger partial charge on any atom is 0.421 e. The Morgan fingerprint density at radius 3 is 2.41 bits per heavy atom. The molecule has 2 heterocycles. The van der Waals surface area contributed by atoms with Crippen molar-refractivity contribution < 1.29 is 18.0 Å². The second-order valence-electron chi connectivity index (χ2n) is 6.56. The van der Waals surface area contributed by atoms with Crippen molar-refractivity contribution in [2.24, 2.45) is 0 Å². The number of halogens is 3. The highest BCUT2D eigenvalue weighted by Gasteiger charge is 2.34. The summed E-state index contributed by atoms with van der Waals surface area (Å²) in [5.41, 5.74) is -0.232. The zero-order chi connectivity index (χ0) is 19.6. The topological polar surface area (TPSA) is 45.5 Å². The van der Waals surface area contributed by atoms with Gasteiger partial charge in [0, 0.05) is 38.1 Å². The molecule has 1 saturated heterocycles. The fourth-order valence-electron chi connectivity index (χ4n) is 3.16. The zero-order valence-electron chi connectivity index (χ0n) is 14.9. The summed E-state index contributed by atoms with van der Waals surface area (Å²) in [5.74, 6) is -0.361. The molecule has 0 saturated carbocycles. The monoisotopic (exact) mass is 379 g/mol. The van der Waals surface area contributed by atoms with E-state index in [0.717, 1.165) is 28.0 Å². The van der Waals surface area contributed by atoms with E-state index in [9.17, 15) is 22.8 Å². The molecule has 5 nitrogen and oxygen atoms in total. The first kappa shape index (κ1) is 19.0. The number of aromatic nitrogens is 1. The van der Waals surface area contributed by atoms with Gasteiger partial charge in [0.1, 0.15) is 12.1 Å². The van der Waals surface area contributed by atoms with Crippen LogP contribution < -0.4 is 10.5 Å². The number of aryl methyl sites for hydroxylation is 1. The van der Waals surface area contributed by atoms with Crippen molar-refractivity contribution in [3.05, 3.63) is 64.1 Å². The van der Waals surface area contributed by atoms with Gasteiger partial charge in [-0.15, -0.1) is 0 Å². The van der Waals surface area contributed by atoms with Gasteiger partial charge in [0.2, 0.25) is 5.91 Å². The molecule has 0 N–H and O–H groups in total. The third kappa shape index (κ3) is 4.32. The van der Waals surface area contributed by atoms with Crippen LogP contribution in [0.2, 0.25) is 0 Å². The molecule has 1 fully saturated rings. The molecule has 1 aliphatic rings. The Morgan fingerprint density at radius 2 is 1.78 bits per heavy atom. The number of carbonyl (C=O) groups is 1. The maximum absolute atomic E-state index is 12.8. The number of anilines is 1. The molecule has 2 aromatic rings. The van der Waals surface area contributed by atoms with Crippen LogP contribution in [0.15, 0.2) is 47.4 Å². The van der Waals surface area contributed by atoms with Gasteiger partial charge in [-0.1, -0.05) is 12.1 Å². The van der Waals surface area contributed by atoms with E-state index in [4.69, 9.17) is 0 Å². The molecular formula is C19H20F3N3O2. The maximum atomic E-state index is 12.8. The van der Waals surface area contributed by atoms with E-state index in [1.807, 2.05) is 25.1 Å². The summed E-state index contributed by atoms with van der Waals surface area (Å²) < 4.78 is 39.3. The van der Waals surface area contributed by atoms with Crippen molar-refractivity contribution in [1.82, 2.24) is 9.47 Å². The van der Waals surface area contributed by atoms with Crippen LogP contribution in [0.4, 0.5) is 18.9 Å². The van der Waals surface area contributed by atoms with Crippen molar-refractivity contribution in [2.45, 2.75) is 19.6 Å². The average molecular weight is 379 g/mol. The molecule has 27 heavy (non-hydrogen) atoms. The summed E-state index contributed by atoms with van der Waals surface area (Å²) in [6, 6.07) is 9.92. The Hall–Kier alpha value is -2.77. The van der Waals surface area contributed by atoms with Crippen LogP contribution in [-0.4, -0.2) is 41.6 Å². The summed E-state index contributed by atoms with van der Waals surface area (Å²) in [6.45, 7) is 3.80. The van der Waals surface area contributed by atoms with Crippen molar-refractivity contribution in [3.63, 3.8) is 0 Å². The number of amides is 1. The van der Waals surface area contributed by atoms with E-state index in [-0.39, 0.29) is 5.91 Å². The number of alkyl halides is 3. The van der Waals surface area contributed by atoms with Gasteiger partial charge in [0.15, 0.2) is 0 Å². The number of benzene rings is 1. The van der Waals surface area contributed by atoms with Gasteiger partial charge >= 0.3 is 6.18 Å². The molecular weight excluding hydrogens is 359 g/mol. The smallest absolute Gasteiger partial charge is 0.368 e. The van der Waals surface area contributed by atoms with E-state index in [1.54, 1.807) is 4.90 Å². The lowest BCUT2D eigenvalue weighted by atomic mass is 10.2. The van der Waals surface area contributed by atoms with Gasteiger partial charge in [-0.05, 0) is 36.8 Å². The molecule has 1 aliphatic heterocycles. The Balaban J connectivity index is 1.65. The Morgan fingerprint density at radius 1 is 1.07 bits per heavy atom. The predicted molar refractivity (Wildman–Crippen MR) is 95.7 cm³/mol. The normalized spacial score (nSPS) is 15.1. The number of rotatable bonds is 3. The first-order valence-electron chi connectivity index (χ1n) is 8.62. The van der Waals surface area contributed by atoms with Crippen LogP contribution in [0.25, 0.3) is 0 Å². The molecule has 1 aromatic carbocycles. The second-order valence-corrected chi connectivity index (χ2v) is 6.56. The van der Waals surface area contributed by atoms with Crippen LogP contribution >= 0.6 is 0 Å². The summed E-state index contributed by atoms with van der Waals surface area (Å²) >= 11 is 0. The zero-order valence-corrected chi connectivity index (χ0v) is 14.9. The molecule has 0 unspecified atom stereocenters. The highest BCUT2D eigenvalue weighted by Crippen LogP contribution is 2.26. The number of pyridine rings is 1. The van der Waals surface area contributed by atoms with Crippen molar-refractivity contribution in [1.29, 1.82) is 0 Å². The molecule has 0 spiro atoms. The lowest BCUT2D eigenvalue weighted by molar-refractivity contribution is -0.139. The van der Waals surface area contributed by atoms with Gasteiger partial charge in [-0.2, -0.15) is 13.2 Å². The summed E-state index contributed by atoms with van der Waals surface area (Å²) in [7, 11) is 0. The number of piperazine rings is 1. The molecule has 3 rings (SSSR count). The largest absolute Gasteiger partial charge is 0.421 e. The lowest BCUT2D eigenvalue weighted by Gasteiger charge is -2.36. The van der Waals surface area contributed by atoms with Crippen molar-refractivity contribution in [3.8, 4) is 0 Å². The molecule has 0 bridgehead atoms. The van der Waals surface area contributed by atoms with Gasteiger partial charge in [0.25, 0.3) is 5.56 Å². The quantitative estimate of drug-likeness (QED) is 0.823. The van der Waals surface area contributed by atoms with E-state index < -0.39 is 23.8 Å². The predicted octanol–water partition coefficient (Wildman–Crippen LogP) is 2.52. The number of hydrogen-bond donors (Lipinski definition) is 0. The first-order chi connectivity index (χ1) is 12.8. The summed E-state index contributed by atoms with van der Waals surface area (Å²) in [5, 5.41) is 0. The molecule has 1 aromatic heterocycles. The van der Waals surface area contributed by atoms with Gasteiger partial charge in [-0.3, -0.25) is 9.59 Å². The molecule has 0 aliphatic carbocycles. The van der Waals surface area contributed by atoms with Gasteiger partial charge < -0.3 is 14.4 Å². The van der Waals surface area contributed by atoms with E-state index in [0.29, 0.717) is 26.2 Å². The minimum Gasteiger partial charge on any atom is -0.368 e. The molecule has 0 radical (unpaired) electrons. The van der Waals surface area contributed by atoms with Crippen LogP contribution in [0, 0.1) is 6.92 Å². The van der Waals surface area contributed by atoms with Crippen molar-refractivity contribution >= 4 is 11.6 Å². The third-order valence-electron chi connectivity index (χ3n) is 4.63. The number of nitrogens with zero attached hydrogens (tertiary/aromatic N) is 3. The van der Waals surface area contributed by atoms with Crippen LogP contribution in [-0.2, 0) is 17.5 Å². The fraction of sp³-hybridized carbons (Fsp3) is 0.368. The van der Waals surface area contributed by atoms with Crippen LogP contribution in [0.3, 0.4) is 0 Å². The molecule has 8 heteroatoms. The Bertz CT molecular complexity index is 884. The second kappa shape index (κ2) is 7.46. The summed E-state index contributed by atoms with van der Waals surface area (Å²) in [6.07, 6.45) is -3.53. The number of hydrogen-bond acceptors (Lipinski definition) is 3. The Kier molecular flexibility index (Phi) is 5.25. The average Bonchev–Trinajstić information content (AvgIpc) is 2.62. The SMILES string of the molecule is Cc1cccc(N2CCN(C(=O)Cn3cccc(C(F)(F)F)c3=O)CC2)c1. The fourth-order valence-corrected chi connectivity index (χ4v) is 3.16. The molecule has 1 amide bonds. The van der Waals surface area contributed by atoms with Gasteiger partial charge in [0.05, 0.1) is 0 Å². The lowest BCUT2D eigenvalue weighted by Crippen LogP contribution is -2.50. The standard InChI is InChI=1S/C19H20F3N3O2/c1-14-4-2-5-15(12-14)23-8-10-24(11-9-23)17(26)13-25-7-3-6-16(18(25)27)19(20,21)22/h2-7,12H,8-11,13H2,1H3. The van der Waals surface area contributed by atoms with E-state index in [1.165, 1.54) is 6.20 Å². The van der Waals surface area contributed by atoms with E-state index >= 15 is 0 Å². The molecule has 0 atom stereocenters. The van der Waals surface area contributed by atoms with Crippen LogP contribution in [0.5, 0.6) is 0 Å². The van der Waals surface area contributed by atoms with Crippen LogP contribution in [0.1, 0.15) is 11.1 Å². The Labute approximate surface area is 154 Å². The first-order valence-corrected chi connectivity index (χ1v) is 8.62. The highest BCUT2D eigenvalue weighted by molar-refractivity contribution is 5.76.